The summed E-state index contributed by atoms with van der Waals surface area (Å²) >= 11 is 13.7. The Morgan fingerprint density at radius 1 is 1.14 bits per heavy atom. The van der Waals surface area contributed by atoms with Crippen LogP contribution < -0.4 is 14.3 Å². The number of hydrogen-bond acceptors (Lipinski definition) is 8. The summed E-state index contributed by atoms with van der Waals surface area (Å²) in [5.74, 6) is -0.560. The third-order valence-electron chi connectivity index (χ3n) is 4.34. The van der Waals surface area contributed by atoms with E-state index >= 15 is 0 Å². The second-order valence-corrected chi connectivity index (χ2v) is 10.2. The second-order valence-electron chi connectivity index (χ2n) is 6.65. The van der Waals surface area contributed by atoms with E-state index < -0.39 is 20.9 Å². The molecule has 0 fully saturated rings. The van der Waals surface area contributed by atoms with E-state index in [-0.39, 0.29) is 32.7 Å². The number of carbonyl (C=O) groups excluding carboxylic acids is 1. The predicted molar refractivity (Wildman–Crippen MR) is 138 cm³/mol. The molecule has 0 radical (unpaired) electrons. The third-order valence-corrected chi connectivity index (χ3v) is 6.92. The molecule has 0 bridgehead atoms. The predicted octanol–water partition coefficient (Wildman–Crippen LogP) is 5.05. The fourth-order valence-corrected chi connectivity index (χ4v) is 5.02. The van der Waals surface area contributed by atoms with Gasteiger partial charge in [0.2, 0.25) is 0 Å². The maximum atomic E-state index is 12.7. The van der Waals surface area contributed by atoms with E-state index in [2.05, 4.69) is 10.5 Å². The van der Waals surface area contributed by atoms with Crippen LogP contribution in [-0.4, -0.2) is 32.6 Å². The van der Waals surface area contributed by atoms with Gasteiger partial charge in [0, 0.05) is 17.2 Å². The van der Waals surface area contributed by atoms with Gasteiger partial charge in [-0.2, -0.15) is 13.5 Å². The van der Waals surface area contributed by atoms with E-state index in [0.717, 1.165) is 24.3 Å². The van der Waals surface area contributed by atoms with Crippen LogP contribution in [0.3, 0.4) is 0 Å². The molecule has 35 heavy (non-hydrogen) atoms. The summed E-state index contributed by atoms with van der Waals surface area (Å²) in [5.41, 5.74) is 2.72. The smallest absolute Gasteiger partial charge is 0.339 e. The van der Waals surface area contributed by atoms with Crippen LogP contribution in [0, 0.1) is 13.7 Å². The zero-order chi connectivity index (χ0) is 25.8. The molecule has 0 saturated carbocycles. The number of nitro benzene ring substituents is 1. The molecular formula is C21H14Cl2IN3O7S. The molecule has 10 nitrogen and oxygen atoms in total. The lowest BCUT2D eigenvalue weighted by atomic mass is 10.2. The van der Waals surface area contributed by atoms with Gasteiger partial charge < -0.3 is 8.92 Å². The van der Waals surface area contributed by atoms with Gasteiger partial charge in [-0.3, -0.25) is 14.9 Å². The summed E-state index contributed by atoms with van der Waals surface area (Å²) in [7, 11) is -2.99. The van der Waals surface area contributed by atoms with Gasteiger partial charge in [0.15, 0.2) is 11.5 Å². The van der Waals surface area contributed by atoms with Crippen LogP contribution in [0.2, 0.25) is 10.0 Å². The Labute approximate surface area is 223 Å². The van der Waals surface area contributed by atoms with Gasteiger partial charge in [-0.05, 0) is 70.6 Å². The van der Waals surface area contributed by atoms with Gasteiger partial charge in [0.25, 0.3) is 11.6 Å². The number of nitrogens with one attached hydrogen (secondary N) is 1. The SMILES string of the molecule is COc1cc(/C=N\NC(=O)c2ccc(Cl)cc2Cl)cc(I)c1OS(=O)(=O)c1ccc([N+](=O)[O-])cc1. The van der Waals surface area contributed by atoms with Gasteiger partial charge in [0.05, 0.1) is 32.4 Å². The van der Waals surface area contributed by atoms with Crippen LogP contribution in [0.1, 0.15) is 15.9 Å². The zero-order valence-electron chi connectivity index (χ0n) is 17.6. The summed E-state index contributed by atoms with van der Waals surface area (Å²) in [5, 5.41) is 15.2. The number of hydrogen-bond donors (Lipinski definition) is 1. The number of non-ortho nitro benzene ring substituents is 1. The average Bonchev–Trinajstić information content (AvgIpc) is 2.80. The molecule has 14 heteroatoms. The van der Waals surface area contributed by atoms with E-state index in [4.69, 9.17) is 32.1 Å². The first kappa shape index (κ1) is 26.7. The molecule has 3 aromatic rings. The quantitative estimate of drug-likeness (QED) is 0.119. The second kappa shape index (κ2) is 11.2. The molecule has 0 aromatic heterocycles. The zero-order valence-corrected chi connectivity index (χ0v) is 22.1. The number of hydrazone groups is 1. The number of nitro groups is 1. The van der Waals surface area contributed by atoms with Gasteiger partial charge >= 0.3 is 10.1 Å². The molecule has 0 aliphatic carbocycles. The highest BCUT2D eigenvalue weighted by atomic mass is 127. The normalized spacial score (nSPS) is 11.3. The van der Waals surface area contributed by atoms with Crippen molar-refractivity contribution in [1.29, 1.82) is 0 Å². The van der Waals surface area contributed by atoms with Crippen molar-refractivity contribution in [3.8, 4) is 11.5 Å². The summed E-state index contributed by atoms with van der Waals surface area (Å²) in [4.78, 5) is 22.1. The van der Waals surface area contributed by atoms with Crippen LogP contribution >= 0.6 is 45.8 Å². The fraction of sp³-hybridized carbons (Fsp3) is 0.0476. The first-order chi connectivity index (χ1) is 16.5. The standard InChI is InChI=1S/C21H14Cl2IN3O7S/c1-33-19-9-12(11-25-26-21(28)16-7-2-13(22)10-17(16)23)8-18(24)20(19)34-35(31,32)15-5-3-14(4-6-15)27(29)30/h2-11H,1H3,(H,26,28)/b25-11-. The number of nitrogens with zero attached hydrogens (tertiary/aromatic N) is 2. The molecule has 0 atom stereocenters. The molecule has 0 unspecified atom stereocenters. The molecule has 182 valence electrons. The number of carbonyl (C=O) groups is 1. The van der Waals surface area contributed by atoms with Crippen molar-refractivity contribution < 1.29 is 27.1 Å². The summed E-state index contributed by atoms with van der Waals surface area (Å²) < 4.78 is 36.2. The number of methoxy groups -OCH3 is 1. The van der Waals surface area contributed by atoms with E-state index in [0.29, 0.717) is 14.2 Å². The van der Waals surface area contributed by atoms with E-state index in [9.17, 15) is 23.3 Å². The summed E-state index contributed by atoms with van der Waals surface area (Å²) in [6.07, 6.45) is 1.32. The van der Waals surface area contributed by atoms with Crippen molar-refractivity contribution in [1.82, 2.24) is 5.43 Å². The van der Waals surface area contributed by atoms with E-state index in [1.54, 1.807) is 6.07 Å². The molecular weight excluding hydrogens is 636 g/mol. The van der Waals surface area contributed by atoms with Gasteiger partial charge in [-0.1, -0.05) is 23.2 Å². The number of amides is 1. The Kier molecular flexibility index (Phi) is 8.53. The maximum absolute atomic E-state index is 12.7. The van der Waals surface area contributed by atoms with E-state index in [1.165, 1.54) is 37.6 Å². The number of rotatable bonds is 8. The number of ether oxygens (including phenoxy) is 1. The maximum Gasteiger partial charge on any atom is 0.339 e. The van der Waals surface area contributed by atoms with Gasteiger partial charge in [-0.25, -0.2) is 5.43 Å². The molecule has 0 saturated heterocycles. The summed E-state index contributed by atoms with van der Waals surface area (Å²) in [6.45, 7) is 0. The topological polar surface area (TPSA) is 137 Å². The van der Waals surface area contributed by atoms with Crippen molar-refractivity contribution in [2.24, 2.45) is 5.10 Å². The monoisotopic (exact) mass is 649 g/mol. The largest absolute Gasteiger partial charge is 0.493 e. The molecule has 0 spiro atoms. The lowest BCUT2D eigenvalue weighted by molar-refractivity contribution is -0.384. The van der Waals surface area contributed by atoms with Crippen LogP contribution in [-0.2, 0) is 10.1 Å². The van der Waals surface area contributed by atoms with Crippen LogP contribution in [0.4, 0.5) is 5.69 Å². The van der Waals surface area contributed by atoms with Gasteiger partial charge in [0.1, 0.15) is 4.90 Å². The Bertz CT molecular complexity index is 1430. The highest BCUT2D eigenvalue weighted by Crippen LogP contribution is 2.36. The Morgan fingerprint density at radius 3 is 2.43 bits per heavy atom. The summed E-state index contributed by atoms with van der Waals surface area (Å²) in [6, 6.07) is 11.7. The number of halogens is 3. The van der Waals surface area contributed by atoms with Gasteiger partial charge in [-0.15, -0.1) is 0 Å². The molecule has 3 rings (SSSR count). The van der Waals surface area contributed by atoms with E-state index in [1.807, 2.05) is 22.6 Å². The highest BCUT2D eigenvalue weighted by Gasteiger charge is 2.23. The highest BCUT2D eigenvalue weighted by molar-refractivity contribution is 14.1. The first-order valence-electron chi connectivity index (χ1n) is 9.37. The molecule has 0 heterocycles. The molecule has 3 aromatic carbocycles. The van der Waals surface area contributed by atoms with Crippen LogP contribution in [0.25, 0.3) is 0 Å². The van der Waals surface area contributed by atoms with Crippen molar-refractivity contribution >= 4 is 73.7 Å². The lowest BCUT2D eigenvalue weighted by Gasteiger charge is -2.13. The minimum atomic E-state index is -4.31. The Morgan fingerprint density at radius 2 is 1.83 bits per heavy atom. The van der Waals surface area contributed by atoms with Crippen LogP contribution in [0.5, 0.6) is 11.5 Å². The molecule has 1 amide bonds. The van der Waals surface area contributed by atoms with Crippen molar-refractivity contribution in [3.63, 3.8) is 0 Å². The Balaban J connectivity index is 1.79. The fourth-order valence-electron chi connectivity index (χ4n) is 2.69. The third kappa shape index (κ3) is 6.60. The molecule has 1 N–H and O–H groups in total. The first-order valence-corrected chi connectivity index (χ1v) is 12.6. The lowest BCUT2D eigenvalue weighted by Crippen LogP contribution is -2.18. The Hall–Kier alpha value is -2.94. The minimum Gasteiger partial charge on any atom is -0.493 e. The van der Waals surface area contributed by atoms with Crippen molar-refractivity contribution in [2.45, 2.75) is 4.90 Å². The average molecular weight is 650 g/mol. The van der Waals surface area contributed by atoms with Crippen molar-refractivity contribution in [3.05, 3.63) is 89.5 Å². The molecule has 0 aliphatic heterocycles. The number of benzene rings is 3. The minimum absolute atomic E-state index is 0.0795. The van der Waals surface area contributed by atoms with Crippen molar-refractivity contribution in [2.75, 3.05) is 7.11 Å². The van der Waals surface area contributed by atoms with Crippen LogP contribution in [0.15, 0.2) is 64.6 Å². The molecule has 0 aliphatic rings.